The zero-order valence-electron chi connectivity index (χ0n) is 17.2. The molecule has 2 heterocycles. The van der Waals surface area contributed by atoms with E-state index in [9.17, 15) is 21.6 Å². The van der Waals surface area contributed by atoms with Crippen LogP contribution in [0, 0.1) is 17.6 Å². The first-order valence-corrected chi connectivity index (χ1v) is 11.4. The van der Waals surface area contributed by atoms with Gasteiger partial charge >= 0.3 is 10.1 Å². The molecule has 0 aliphatic carbocycles. The number of fused-ring (bicyclic) bond motifs is 1. The van der Waals surface area contributed by atoms with Gasteiger partial charge in [0, 0.05) is 17.1 Å². The van der Waals surface area contributed by atoms with Crippen LogP contribution in [0.3, 0.4) is 0 Å². The number of nitrogens with one attached hydrogen (secondary N) is 1. The van der Waals surface area contributed by atoms with Gasteiger partial charge in [-0.25, -0.2) is 23.7 Å². The molecule has 1 N–H and O–H groups in total. The van der Waals surface area contributed by atoms with Gasteiger partial charge in [0.2, 0.25) is 5.95 Å². The first kappa shape index (κ1) is 22.5. The summed E-state index contributed by atoms with van der Waals surface area (Å²) in [4.78, 5) is 11.8. The van der Waals surface area contributed by atoms with E-state index < -0.39 is 39.1 Å². The quantitative estimate of drug-likeness (QED) is 0.298. The summed E-state index contributed by atoms with van der Waals surface area (Å²) >= 11 is 0. The number of nitrogens with zero attached hydrogens (tertiary/aromatic N) is 3. The van der Waals surface area contributed by atoms with Gasteiger partial charge in [-0.3, -0.25) is 0 Å². The monoisotopic (exact) mass is 474 g/mol. The largest absolute Gasteiger partial charge is 0.379 e. The average Bonchev–Trinajstić information content (AvgIpc) is 2.78. The minimum absolute atomic E-state index is 0.0255. The molecule has 0 aliphatic rings. The number of pyridine rings is 1. The Labute approximate surface area is 187 Å². The van der Waals surface area contributed by atoms with E-state index in [4.69, 9.17) is 4.18 Å². The van der Waals surface area contributed by atoms with Crippen LogP contribution in [-0.2, 0) is 10.1 Å². The van der Waals surface area contributed by atoms with Crippen molar-refractivity contribution >= 4 is 32.5 Å². The highest BCUT2D eigenvalue weighted by Crippen LogP contribution is 2.33. The summed E-state index contributed by atoms with van der Waals surface area (Å²) in [6.45, 7) is 1.63. The lowest BCUT2D eigenvalue weighted by molar-refractivity contribution is 0.458. The molecule has 0 unspecified atom stereocenters. The number of rotatable bonds is 7. The van der Waals surface area contributed by atoms with Crippen LogP contribution in [0.2, 0.25) is 0 Å². The molecule has 0 bridgehead atoms. The van der Waals surface area contributed by atoms with Crippen molar-refractivity contribution in [3.63, 3.8) is 0 Å². The van der Waals surface area contributed by atoms with Crippen molar-refractivity contribution in [1.29, 1.82) is 0 Å². The molecule has 7 nitrogen and oxygen atoms in total. The third-order valence-electron chi connectivity index (χ3n) is 4.68. The molecule has 0 saturated carbocycles. The Balaban J connectivity index is 1.77. The fourth-order valence-electron chi connectivity index (χ4n) is 3.18. The van der Waals surface area contributed by atoms with Crippen LogP contribution in [0.1, 0.15) is 13.3 Å². The highest BCUT2D eigenvalue weighted by atomic mass is 32.2. The molecule has 4 rings (SSSR count). The van der Waals surface area contributed by atoms with E-state index in [2.05, 4.69) is 20.3 Å². The Morgan fingerprint density at radius 1 is 1.03 bits per heavy atom. The maximum absolute atomic E-state index is 15.0. The summed E-state index contributed by atoms with van der Waals surface area (Å²) in [5, 5.41) is 2.90. The van der Waals surface area contributed by atoms with Gasteiger partial charge in [0.25, 0.3) is 0 Å². The van der Waals surface area contributed by atoms with Gasteiger partial charge in [0.05, 0.1) is 11.3 Å². The molecule has 0 amide bonds. The topological polar surface area (TPSA) is 94.1 Å². The second-order valence-electron chi connectivity index (χ2n) is 7.00. The molecule has 170 valence electrons. The predicted molar refractivity (Wildman–Crippen MR) is 117 cm³/mol. The Kier molecular flexibility index (Phi) is 6.14. The summed E-state index contributed by atoms with van der Waals surface area (Å²) in [6, 6.07) is 9.68. The predicted octanol–water partition coefficient (Wildman–Crippen LogP) is 4.97. The van der Waals surface area contributed by atoms with Gasteiger partial charge in [-0.2, -0.15) is 12.8 Å². The summed E-state index contributed by atoms with van der Waals surface area (Å²) in [5.41, 5.74) is 0.453. The first-order chi connectivity index (χ1) is 15.8. The molecule has 11 heteroatoms. The molecule has 0 atom stereocenters. The van der Waals surface area contributed by atoms with Crippen LogP contribution < -0.4 is 9.50 Å². The SMILES string of the molecule is CCCS(=O)(=O)Oc1ccc(F)c(Nc2ncnc3ccc(-c4cccnc4F)cc23)c1F. The van der Waals surface area contributed by atoms with E-state index in [0.717, 1.165) is 12.1 Å². The second-order valence-corrected chi connectivity index (χ2v) is 8.69. The first-order valence-electron chi connectivity index (χ1n) is 9.82. The molecule has 4 aromatic rings. The van der Waals surface area contributed by atoms with Crippen molar-refractivity contribution in [2.45, 2.75) is 13.3 Å². The lowest BCUT2D eigenvalue weighted by Gasteiger charge is -2.14. The molecule has 2 aromatic heterocycles. The van der Waals surface area contributed by atoms with E-state index in [1.54, 1.807) is 31.2 Å². The van der Waals surface area contributed by atoms with Crippen molar-refractivity contribution in [3.8, 4) is 16.9 Å². The normalized spacial score (nSPS) is 11.5. The van der Waals surface area contributed by atoms with Crippen LogP contribution in [0.4, 0.5) is 24.7 Å². The smallest absolute Gasteiger partial charge is 0.309 e. The summed E-state index contributed by atoms with van der Waals surface area (Å²) < 4.78 is 72.3. The van der Waals surface area contributed by atoms with Crippen LogP contribution in [-0.4, -0.2) is 29.1 Å². The van der Waals surface area contributed by atoms with Crippen molar-refractivity contribution in [1.82, 2.24) is 15.0 Å². The second kappa shape index (κ2) is 9.02. The summed E-state index contributed by atoms with van der Waals surface area (Å²) in [6.07, 6.45) is 2.78. The highest BCUT2D eigenvalue weighted by molar-refractivity contribution is 7.87. The number of anilines is 2. The van der Waals surface area contributed by atoms with Gasteiger partial charge in [0.1, 0.15) is 23.6 Å². The van der Waals surface area contributed by atoms with E-state index in [1.165, 1.54) is 18.6 Å². The number of hydrogen-bond donors (Lipinski definition) is 1. The Bertz CT molecular complexity index is 1450. The zero-order chi connectivity index (χ0) is 23.6. The van der Waals surface area contributed by atoms with Gasteiger partial charge in [-0.05, 0) is 48.4 Å². The molecule has 0 spiro atoms. The van der Waals surface area contributed by atoms with Gasteiger partial charge in [-0.1, -0.05) is 13.0 Å². The fourth-order valence-corrected chi connectivity index (χ4v) is 4.17. The number of benzene rings is 2. The molecule has 0 fully saturated rings. The van der Waals surface area contributed by atoms with Gasteiger partial charge in [0.15, 0.2) is 11.6 Å². The summed E-state index contributed by atoms with van der Waals surface area (Å²) in [7, 11) is -4.04. The Morgan fingerprint density at radius 3 is 2.61 bits per heavy atom. The van der Waals surface area contributed by atoms with E-state index in [1.807, 2.05) is 0 Å². The van der Waals surface area contributed by atoms with Gasteiger partial charge in [-0.15, -0.1) is 0 Å². The van der Waals surface area contributed by atoms with E-state index >= 15 is 0 Å². The Morgan fingerprint density at radius 2 is 1.85 bits per heavy atom. The summed E-state index contributed by atoms with van der Waals surface area (Å²) in [5.74, 6) is -3.86. The van der Waals surface area contributed by atoms with E-state index in [0.29, 0.717) is 16.5 Å². The van der Waals surface area contributed by atoms with Gasteiger partial charge < -0.3 is 9.50 Å². The number of hydrogen-bond acceptors (Lipinski definition) is 7. The molecular weight excluding hydrogens is 457 g/mol. The number of aromatic nitrogens is 3. The maximum Gasteiger partial charge on any atom is 0.309 e. The highest BCUT2D eigenvalue weighted by Gasteiger charge is 2.21. The third kappa shape index (κ3) is 4.72. The zero-order valence-corrected chi connectivity index (χ0v) is 18.0. The molecule has 0 aliphatic heterocycles. The van der Waals surface area contributed by atoms with Crippen LogP contribution in [0.25, 0.3) is 22.0 Å². The van der Waals surface area contributed by atoms with Crippen molar-refractivity contribution < 1.29 is 25.8 Å². The fraction of sp³-hybridized carbons (Fsp3) is 0.136. The molecule has 0 saturated heterocycles. The lowest BCUT2D eigenvalue weighted by atomic mass is 10.0. The minimum Gasteiger partial charge on any atom is -0.379 e. The van der Waals surface area contributed by atoms with Crippen molar-refractivity contribution in [2.24, 2.45) is 0 Å². The molecular formula is C22H17F3N4O3S. The minimum atomic E-state index is -4.04. The third-order valence-corrected chi connectivity index (χ3v) is 6.02. The van der Waals surface area contributed by atoms with Crippen LogP contribution in [0.5, 0.6) is 5.75 Å². The molecule has 0 radical (unpaired) electrons. The van der Waals surface area contributed by atoms with E-state index in [-0.39, 0.29) is 23.6 Å². The van der Waals surface area contributed by atoms with Crippen molar-refractivity contribution in [2.75, 3.05) is 11.1 Å². The molecule has 2 aromatic carbocycles. The maximum atomic E-state index is 15.0. The van der Waals surface area contributed by atoms with Crippen molar-refractivity contribution in [3.05, 3.63) is 72.6 Å². The van der Waals surface area contributed by atoms with Crippen LogP contribution >= 0.6 is 0 Å². The average molecular weight is 474 g/mol. The Hall–Kier alpha value is -3.73. The van der Waals surface area contributed by atoms with Crippen LogP contribution in [0.15, 0.2) is 55.0 Å². The molecule has 33 heavy (non-hydrogen) atoms. The standard InChI is InChI=1S/C22H17F3N4O3S/c1-2-10-33(30,31)32-18-8-6-16(23)20(19(18)24)29-22-15-11-13(5-7-17(15)27-12-28-22)14-4-3-9-26-21(14)25/h3-9,11-12H,2,10H2,1H3,(H,27,28,29). The lowest BCUT2D eigenvalue weighted by Crippen LogP contribution is -2.14. The number of halogens is 3.